The van der Waals surface area contributed by atoms with Crippen LogP contribution in [0.1, 0.15) is 96.5 Å². The summed E-state index contributed by atoms with van der Waals surface area (Å²) in [5.41, 5.74) is 0. The van der Waals surface area contributed by atoms with Crippen LogP contribution in [0.3, 0.4) is 0 Å². The monoisotopic (exact) mass is 366 g/mol. The second-order valence-corrected chi connectivity index (χ2v) is 6.66. The number of carbonyl (C=O) groups is 2. The Morgan fingerprint density at radius 2 is 1.27 bits per heavy atom. The number of esters is 2. The zero-order valence-corrected chi connectivity index (χ0v) is 16.8. The van der Waals surface area contributed by atoms with E-state index in [0.29, 0.717) is 30.8 Å². The van der Waals surface area contributed by atoms with E-state index in [1.54, 1.807) is 6.92 Å². The summed E-state index contributed by atoms with van der Waals surface area (Å²) in [5, 5.41) is 0. The van der Waals surface area contributed by atoms with Gasteiger partial charge in [-0.3, -0.25) is 9.59 Å². The molecule has 1 aromatic heterocycles. The lowest BCUT2D eigenvalue weighted by Crippen LogP contribution is -2.12. The predicted molar refractivity (Wildman–Crippen MR) is 102 cm³/mol. The van der Waals surface area contributed by atoms with Gasteiger partial charge in [0.05, 0.1) is 0 Å². The minimum absolute atomic E-state index is 0.254. The van der Waals surface area contributed by atoms with Crippen LogP contribution in [-0.2, 0) is 16.0 Å². The van der Waals surface area contributed by atoms with Crippen molar-refractivity contribution in [3.05, 3.63) is 11.5 Å². The van der Waals surface area contributed by atoms with E-state index in [2.05, 4.69) is 13.8 Å². The molecule has 0 saturated carbocycles. The summed E-state index contributed by atoms with van der Waals surface area (Å²) in [6, 6.07) is 0. The zero-order valence-electron chi connectivity index (χ0n) is 16.8. The SMILES string of the molecule is CCCCCCC(=O)Oc1c(C)oc(CC)c1OC(=O)CCCCCC. The third-order valence-corrected chi connectivity index (χ3v) is 4.28. The van der Waals surface area contributed by atoms with Crippen LogP contribution in [0.15, 0.2) is 4.42 Å². The van der Waals surface area contributed by atoms with Crippen molar-refractivity contribution in [2.75, 3.05) is 0 Å². The van der Waals surface area contributed by atoms with Gasteiger partial charge in [0, 0.05) is 19.3 Å². The third kappa shape index (κ3) is 7.63. The fourth-order valence-electron chi connectivity index (χ4n) is 2.74. The van der Waals surface area contributed by atoms with Gasteiger partial charge in [-0.15, -0.1) is 0 Å². The van der Waals surface area contributed by atoms with E-state index >= 15 is 0 Å². The molecule has 0 bridgehead atoms. The van der Waals surface area contributed by atoms with E-state index in [0.717, 1.165) is 51.4 Å². The Labute approximate surface area is 157 Å². The van der Waals surface area contributed by atoms with Crippen LogP contribution in [0.2, 0.25) is 0 Å². The highest BCUT2D eigenvalue weighted by atomic mass is 16.6. The first-order valence-electron chi connectivity index (χ1n) is 10.1. The molecule has 0 N–H and O–H groups in total. The molecule has 0 amide bonds. The molecule has 0 aliphatic carbocycles. The molecule has 148 valence electrons. The molecular formula is C21H34O5. The number of hydrogen-bond donors (Lipinski definition) is 0. The van der Waals surface area contributed by atoms with Gasteiger partial charge in [0.1, 0.15) is 5.76 Å². The summed E-state index contributed by atoms with van der Waals surface area (Å²) in [5.74, 6) is 0.914. The van der Waals surface area contributed by atoms with Crippen LogP contribution >= 0.6 is 0 Å². The van der Waals surface area contributed by atoms with Crippen molar-refractivity contribution in [1.29, 1.82) is 0 Å². The minimum Gasteiger partial charge on any atom is -0.458 e. The average Bonchev–Trinajstić information content (AvgIpc) is 2.91. The standard InChI is InChI=1S/C21H34O5/c1-5-8-10-12-14-18(22)25-20-16(4)24-17(7-3)21(20)26-19(23)15-13-11-9-6-2/h5-15H2,1-4H3. The van der Waals surface area contributed by atoms with Crippen molar-refractivity contribution >= 4 is 11.9 Å². The molecule has 0 aliphatic heterocycles. The number of carbonyl (C=O) groups excluding carboxylic acids is 2. The first-order valence-corrected chi connectivity index (χ1v) is 10.1. The quantitative estimate of drug-likeness (QED) is 0.321. The molecule has 1 aromatic rings. The molecule has 1 heterocycles. The van der Waals surface area contributed by atoms with Gasteiger partial charge in [-0.25, -0.2) is 0 Å². The van der Waals surface area contributed by atoms with E-state index in [1.165, 1.54) is 0 Å². The molecule has 1 rings (SSSR count). The molecule has 0 atom stereocenters. The molecule has 0 fully saturated rings. The number of rotatable bonds is 13. The maximum Gasteiger partial charge on any atom is 0.311 e. The Morgan fingerprint density at radius 1 is 0.769 bits per heavy atom. The van der Waals surface area contributed by atoms with Crippen LogP contribution in [0, 0.1) is 6.92 Å². The predicted octanol–water partition coefficient (Wildman–Crippen LogP) is 5.90. The molecular weight excluding hydrogens is 332 g/mol. The average molecular weight is 366 g/mol. The lowest BCUT2D eigenvalue weighted by molar-refractivity contribution is -0.137. The second-order valence-electron chi connectivity index (χ2n) is 6.66. The van der Waals surface area contributed by atoms with Gasteiger partial charge in [0.25, 0.3) is 0 Å². The largest absolute Gasteiger partial charge is 0.458 e. The van der Waals surface area contributed by atoms with Gasteiger partial charge in [0.15, 0.2) is 5.76 Å². The van der Waals surface area contributed by atoms with Gasteiger partial charge >= 0.3 is 11.9 Å². The highest BCUT2D eigenvalue weighted by Crippen LogP contribution is 2.38. The Hall–Kier alpha value is -1.78. The molecule has 0 unspecified atom stereocenters. The van der Waals surface area contributed by atoms with Gasteiger partial charge in [-0.2, -0.15) is 0 Å². The fourth-order valence-corrected chi connectivity index (χ4v) is 2.74. The molecule has 0 spiro atoms. The normalized spacial score (nSPS) is 10.8. The van der Waals surface area contributed by atoms with E-state index in [9.17, 15) is 9.59 Å². The summed E-state index contributed by atoms with van der Waals surface area (Å²) in [6.45, 7) is 7.88. The van der Waals surface area contributed by atoms with Crippen molar-refractivity contribution in [2.24, 2.45) is 0 Å². The van der Waals surface area contributed by atoms with E-state index in [1.807, 2.05) is 6.92 Å². The number of unbranched alkanes of at least 4 members (excludes halogenated alkanes) is 6. The molecule has 26 heavy (non-hydrogen) atoms. The van der Waals surface area contributed by atoms with Gasteiger partial charge in [-0.05, 0) is 19.8 Å². The van der Waals surface area contributed by atoms with E-state index < -0.39 is 0 Å². The Kier molecular flexibility index (Phi) is 10.7. The Bertz CT molecular complexity index is 559. The maximum atomic E-state index is 12.1. The van der Waals surface area contributed by atoms with Crippen molar-refractivity contribution in [2.45, 2.75) is 98.3 Å². The lowest BCUT2D eigenvalue weighted by atomic mass is 10.1. The second kappa shape index (κ2) is 12.6. The van der Waals surface area contributed by atoms with E-state index in [4.69, 9.17) is 13.9 Å². The fraction of sp³-hybridized carbons (Fsp3) is 0.714. The topological polar surface area (TPSA) is 65.7 Å². The van der Waals surface area contributed by atoms with Gasteiger partial charge < -0.3 is 13.9 Å². The van der Waals surface area contributed by atoms with Gasteiger partial charge in [-0.1, -0.05) is 59.3 Å². The van der Waals surface area contributed by atoms with Crippen molar-refractivity contribution in [1.82, 2.24) is 0 Å². The molecule has 0 aliphatic rings. The number of aryl methyl sites for hydroxylation is 2. The highest BCUT2D eigenvalue weighted by molar-refractivity contribution is 5.77. The first kappa shape index (κ1) is 22.3. The molecule has 0 aromatic carbocycles. The summed E-state index contributed by atoms with van der Waals surface area (Å²) >= 11 is 0. The van der Waals surface area contributed by atoms with Crippen LogP contribution in [0.25, 0.3) is 0 Å². The highest BCUT2D eigenvalue weighted by Gasteiger charge is 2.24. The van der Waals surface area contributed by atoms with E-state index in [-0.39, 0.29) is 23.4 Å². The van der Waals surface area contributed by atoms with Crippen LogP contribution < -0.4 is 9.47 Å². The molecule has 5 nitrogen and oxygen atoms in total. The number of hydrogen-bond acceptors (Lipinski definition) is 5. The van der Waals surface area contributed by atoms with Crippen LogP contribution in [-0.4, -0.2) is 11.9 Å². The van der Waals surface area contributed by atoms with Crippen LogP contribution in [0.4, 0.5) is 0 Å². The third-order valence-electron chi connectivity index (χ3n) is 4.28. The minimum atomic E-state index is -0.312. The van der Waals surface area contributed by atoms with Crippen molar-refractivity contribution in [3.8, 4) is 11.5 Å². The maximum absolute atomic E-state index is 12.1. The molecule has 0 saturated heterocycles. The van der Waals surface area contributed by atoms with Gasteiger partial charge in [0.2, 0.25) is 11.5 Å². The summed E-state index contributed by atoms with van der Waals surface area (Å²) in [7, 11) is 0. The number of furan rings is 1. The summed E-state index contributed by atoms with van der Waals surface area (Å²) < 4.78 is 16.6. The first-order chi connectivity index (χ1) is 12.5. The lowest BCUT2D eigenvalue weighted by Gasteiger charge is -2.08. The molecule has 0 radical (unpaired) electrons. The Morgan fingerprint density at radius 3 is 1.73 bits per heavy atom. The van der Waals surface area contributed by atoms with Crippen LogP contribution in [0.5, 0.6) is 11.5 Å². The van der Waals surface area contributed by atoms with Crippen molar-refractivity contribution < 1.29 is 23.5 Å². The van der Waals surface area contributed by atoms with Crippen molar-refractivity contribution in [3.63, 3.8) is 0 Å². The summed E-state index contributed by atoms with van der Waals surface area (Å²) in [4.78, 5) is 24.2. The molecule has 5 heteroatoms. The Balaban J connectivity index is 2.69. The summed E-state index contributed by atoms with van der Waals surface area (Å²) in [6.07, 6.45) is 9.36. The smallest absolute Gasteiger partial charge is 0.311 e. The zero-order chi connectivity index (χ0) is 19.4. The number of ether oxygens (including phenoxy) is 2.